The van der Waals surface area contributed by atoms with E-state index in [0.29, 0.717) is 67.4 Å². The quantitative estimate of drug-likeness (QED) is 0.0120. The van der Waals surface area contributed by atoms with Gasteiger partial charge in [0.1, 0.15) is 56.9 Å². The summed E-state index contributed by atoms with van der Waals surface area (Å²) in [6.07, 6.45) is 11.4. The number of rotatable bonds is 39. The van der Waals surface area contributed by atoms with Crippen LogP contribution in [0.25, 0.3) is 32.8 Å². The smallest absolute Gasteiger partial charge is 0.415 e. The van der Waals surface area contributed by atoms with Crippen molar-refractivity contribution < 1.29 is 124 Å². The highest BCUT2D eigenvalue weighted by atomic mass is 35.5. The van der Waals surface area contributed by atoms with Crippen LogP contribution >= 0.6 is 23.2 Å². The van der Waals surface area contributed by atoms with Crippen molar-refractivity contribution in [1.82, 2.24) is 48.6 Å². The third-order valence-corrected chi connectivity index (χ3v) is 23.8. The number of aromatic nitrogens is 4. The maximum Gasteiger partial charge on any atom is 0.415 e. The van der Waals surface area contributed by atoms with Gasteiger partial charge in [-0.2, -0.15) is 0 Å². The Balaban J connectivity index is 0.000000233. The number of ether oxygens (including phenoxy) is 13. The second-order valence-electron chi connectivity index (χ2n) is 36.2. The molecule has 0 radical (unpaired) electrons. The molecule has 12 amide bonds. The first-order valence-electron chi connectivity index (χ1n) is 47.3. The zero-order valence-electron chi connectivity index (χ0n) is 83.5. The molecule has 5 aliphatic heterocycles. The monoisotopic (exact) mass is 2050 g/mol. The van der Waals surface area contributed by atoms with Gasteiger partial charge in [0, 0.05) is 201 Å². The topological polar surface area (TPSA) is 438 Å². The van der Waals surface area contributed by atoms with Crippen molar-refractivity contribution in [1.29, 1.82) is 0 Å². The maximum absolute atomic E-state index is 14.6. The molecule has 15 rings (SSSR count). The van der Waals surface area contributed by atoms with E-state index in [9.17, 15) is 57.5 Å². The molecular formula is C104H122Cl2N14O26. The number of fused-ring (bicyclic) bond motifs is 8. The van der Waals surface area contributed by atoms with E-state index in [0.717, 1.165) is 51.1 Å². The van der Waals surface area contributed by atoms with Crippen molar-refractivity contribution in [3.05, 3.63) is 215 Å². The number of anilines is 4. The van der Waals surface area contributed by atoms with Crippen LogP contribution in [0.5, 0.6) is 23.0 Å². The number of amides is 12. The molecule has 0 saturated carbocycles. The molecule has 2 atom stereocenters. The van der Waals surface area contributed by atoms with Crippen LogP contribution in [0.15, 0.2) is 170 Å². The molecule has 9 heterocycles. The lowest BCUT2D eigenvalue weighted by molar-refractivity contribution is -0.137. The summed E-state index contributed by atoms with van der Waals surface area (Å²) in [7, 11) is 6.20. The van der Waals surface area contributed by atoms with Gasteiger partial charge < -0.3 is 116 Å². The number of aliphatic hydroxyl groups is 1. The molecular weight excluding hydrogens is 1930 g/mol. The molecule has 5 aliphatic rings. The van der Waals surface area contributed by atoms with Crippen LogP contribution in [0.3, 0.4) is 0 Å². The lowest BCUT2D eigenvalue weighted by Gasteiger charge is -2.28. The van der Waals surface area contributed by atoms with Crippen molar-refractivity contribution in [2.45, 2.75) is 91.3 Å². The number of carbonyl (C=O) groups excluding carboxylic acids is 12. The number of hydrogen-bond acceptors (Lipinski definition) is 28. The number of methoxy groups -OCH3 is 2. The minimum absolute atomic E-state index is 0.0539. The fraction of sp³-hybridized carbons (Fsp3) is 0.404. The molecule has 778 valence electrons. The molecule has 0 bridgehead atoms. The summed E-state index contributed by atoms with van der Waals surface area (Å²) in [5, 5.41) is 19.7. The van der Waals surface area contributed by atoms with E-state index in [2.05, 4.69) is 20.6 Å². The van der Waals surface area contributed by atoms with E-state index in [1.54, 1.807) is 184 Å². The molecule has 1 saturated heterocycles. The Kier molecular flexibility index (Phi) is 39.8. The third-order valence-electron chi connectivity index (χ3n) is 23.1. The first kappa shape index (κ1) is 111. The Labute approximate surface area is 853 Å². The molecule has 4 aromatic heterocycles. The molecule has 4 N–H and O–H groups in total. The molecule has 146 heavy (non-hydrogen) atoms. The van der Waals surface area contributed by atoms with E-state index in [4.69, 9.17) is 89.9 Å². The number of likely N-dealkylation sites (N-methyl/N-ethyl adjacent to an activating group) is 2. The molecule has 40 nitrogen and oxygen atoms in total. The second kappa shape index (κ2) is 52.5. The van der Waals surface area contributed by atoms with Gasteiger partial charge in [0.25, 0.3) is 47.3 Å². The normalized spacial score (nSPS) is 14.5. The third kappa shape index (κ3) is 30.3. The standard InChI is InChI=1S/C50H56ClN7O12.C46H55ClN6O11.C4H3NO2.C4H8O/c1-32-8-7-9-37-40(69-49(64)55(19-18-54(5)48(63)70-50(2,3)4)20-22-66-24-25-67-23-21-57-42(59)16-17-43(57)60)26-39-45(44(32)37)34(27-51)28-58(39)47(62)38-30-56-29-35(12-15-41(56)53-38)52-46(61)33-10-13-36(14-11-33)68-31-65-6;1-30-8-7-9-35-38(63-45(58)51(18-20-60-22-23-61-21-19-54)17-16-50(5)44(57)64-46(2,3)4)24-37-41(40(30)35)32(25-47)26-53(37)43(56)36-28-52-27-33(12-15-39(52)49-36)48-42(55)31-10-13-34(14-11-31)62-29-59-6;6-3-1-2-4(7)5-3;1-2-4-5-3-1/h7-17,26,29-30,34H,18-25,27-28,31H2,1-6H3,(H,52,61);7-15,24,27-28,32,54H,16-23,25-26,29H2,1-6H3,(H,48,55);1-2H,(H,5,6,7);1-4H2/t34-;32-;;/m11../s1. The molecule has 0 spiro atoms. The van der Waals surface area contributed by atoms with Gasteiger partial charge in [-0.05, 0) is 174 Å². The molecule has 0 unspecified atom stereocenters. The van der Waals surface area contributed by atoms with Crippen molar-refractivity contribution in [3.63, 3.8) is 0 Å². The van der Waals surface area contributed by atoms with Crippen LogP contribution in [0, 0.1) is 13.8 Å². The van der Waals surface area contributed by atoms with E-state index in [-0.39, 0.29) is 214 Å². The van der Waals surface area contributed by atoms with E-state index in [1.165, 1.54) is 71.0 Å². The highest BCUT2D eigenvalue weighted by Crippen LogP contribution is 2.49. The summed E-state index contributed by atoms with van der Waals surface area (Å²) < 4.78 is 74.8. The number of halogens is 2. The Morgan fingerprint density at radius 3 is 1.26 bits per heavy atom. The first-order valence-corrected chi connectivity index (χ1v) is 48.4. The van der Waals surface area contributed by atoms with Gasteiger partial charge in [0.2, 0.25) is 0 Å². The fourth-order valence-electron chi connectivity index (χ4n) is 15.9. The largest absolute Gasteiger partial charge is 0.468 e. The first-order chi connectivity index (χ1) is 70.0. The average Bonchev–Trinajstić information content (AvgIpc) is 1.59. The van der Waals surface area contributed by atoms with Crippen LogP contribution in [0.1, 0.15) is 130 Å². The van der Waals surface area contributed by atoms with E-state index in [1.807, 2.05) is 55.6 Å². The van der Waals surface area contributed by atoms with Crippen LogP contribution < -0.4 is 44.7 Å². The lowest BCUT2D eigenvalue weighted by atomic mass is 9.92. The van der Waals surface area contributed by atoms with Gasteiger partial charge >= 0.3 is 24.4 Å². The summed E-state index contributed by atoms with van der Waals surface area (Å²) >= 11 is 13.3. The van der Waals surface area contributed by atoms with Crippen LogP contribution in [0.2, 0.25) is 0 Å². The Morgan fingerprint density at radius 1 is 0.493 bits per heavy atom. The van der Waals surface area contributed by atoms with E-state index < -0.39 is 47.4 Å². The average molecular weight is 2060 g/mol. The minimum atomic E-state index is -0.732. The Bertz CT molecular complexity index is 6360. The van der Waals surface area contributed by atoms with Gasteiger partial charge in [0.15, 0.2) is 13.6 Å². The summed E-state index contributed by atoms with van der Waals surface area (Å²) in [5.41, 5.74) is 6.13. The van der Waals surface area contributed by atoms with E-state index >= 15 is 0 Å². The second-order valence-corrected chi connectivity index (χ2v) is 36.8. The summed E-state index contributed by atoms with van der Waals surface area (Å²) in [4.78, 5) is 172. The SMILES string of the molecule is C1CCOC1.COCOc1ccc(C(=O)Nc2ccc3nc(C(=O)N4C[C@@H](CCl)c5c4cc(OC(=O)N(CCOCCOCCN4C(=O)C=CC4=O)CCN(C)C(=O)OC(C)(C)C)c4cccc(C)c54)cn3c2)cc1.COCOc1ccc(C(=O)Nc2ccc3nc(C(=O)N4C[C@@H](CCl)c5c4cc(OC(=O)N(CCOCCOCCO)CCN(C)C(=O)OC(C)(C)C)c4cccc(C)c54)cn3c2)cc1.O=C1C=CC(=O)N1. The maximum atomic E-state index is 14.6. The van der Waals surface area contributed by atoms with Gasteiger partial charge in [-0.25, -0.2) is 29.1 Å². The van der Waals surface area contributed by atoms with Crippen LogP contribution in [0.4, 0.5) is 41.9 Å². The van der Waals surface area contributed by atoms with Crippen molar-refractivity contribution in [2.24, 2.45) is 0 Å². The van der Waals surface area contributed by atoms with Gasteiger partial charge in [0.05, 0.1) is 88.8 Å². The summed E-state index contributed by atoms with van der Waals surface area (Å²) in [6.45, 7) is 19.1. The molecule has 0 aliphatic carbocycles. The highest BCUT2D eigenvalue weighted by molar-refractivity contribution is 6.21. The van der Waals surface area contributed by atoms with Crippen molar-refractivity contribution >= 4 is 150 Å². The number of nitrogens with zero attached hydrogens (tertiary/aromatic N) is 11. The molecule has 1 fully saturated rings. The van der Waals surface area contributed by atoms with Gasteiger partial charge in [-0.3, -0.25) is 48.6 Å². The number of aliphatic hydroxyl groups excluding tert-OH is 1. The molecule has 42 heteroatoms. The Morgan fingerprint density at radius 2 is 0.897 bits per heavy atom. The number of nitrogens with one attached hydrogen (secondary N) is 3. The zero-order chi connectivity index (χ0) is 105. The number of carbonyl (C=O) groups is 12. The fourth-order valence-corrected chi connectivity index (χ4v) is 16.4. The summed E-state index contributed by atoms with van der Waals surface area (Å²) in [5.74, 6) is -1.45. The predicted molar refractivity (Wildman–Crippen MR) is 543 cm³/mol. The number of aryl methyl sites for hydroxylation is 2. The van der Waals surface area contributed by atoms with Crippen molar-refractivity contribution in [2.75, 3.05) is 206 Å². The zero-order valence-corrected chi connectivity index (χ0v) is 85.0. The molecule has 6 aromatic carbocycles. The number of imidazole rings is 2. The highest BCUT2D eigenvalue weighted by Gasteiger charge is 2.40. The molecule has 10 aromatic rings. The number of hydrogen-bond donors (Lipinski definition) is 4. The predicted octanol–water partition coefficient (Wildman–Crippen LogP) is 13.3. The number of alkyl halides is 2. The van der Waals surface area contributed by atoms with Gasteiger partial charge in [-0.1, -0.05) is 36.4 Å². The summed E-state index contributed by atoms with van der Waals surface area (Å²) in [6, 6.07) is 34.8. The minimum Gasteiger partial charge on any atom is -0.468 e. The lowest BCUT2D eigenvalue weighted by Crippen LogP contribution is -2.43. The van der Waals surface area contributed by atoms with Crippen LogP contribution in [-0.2, 0) is 61.8 Å². The number of pyridine rings is 2. The van der Waals surface area contributed by atoms with Gasteiger partial charge in [-0.15, -0.1) is 23.2 Å². The number of imide groups is 2. The number of benzene rings is 6. The Hall–Kier alpha value is -14.2. The van der Waals surface area contributed by atoms with Crippen LogP contribution in [-0.4, -0.2) is 316 Å². The van der Waals surface area contributed by atoms with Crippen molar-refractivity contribution in [3.8, 4) is 23.0 Å².